The third-order valence-electron chi connectivity index (χ3n) is 2.80. The summed E-state index contributed by atoms with van der Waals surface area (Å²) in [6.07, 6.45) is 1.06. The Bertz CT molecular complexity index is 633. The van der Waals surface area contributed by atoms with E-state index in [4.69, 9.17) is 5.11 Å². The lowest BCUT2D eigenvalue weighted by Crippen LogP contribution is -2.33. The van der Waals surface area contributed by atoms with Crippen LogP contribution in [0, 0.1) is 0 Å². The van der Waals surface area contributed by atoms with Gasteiger partial charge in [-0.05, 0) is 12.8 Å². The first-order valence-electron chi connectivity index (χ1n) is 5.61. The van der Waals surface area contributed by atoms with E-state index in [-0.39, 0.29) is 22.4 Å². The third kappa shape index (κ3) is 3.38. The molecule has 1 aromatic rings. The Labute approximate surface area is 113 Å². The topological polar surface area (TPSA) is 122 Å². The van der Waals surface area contributed by atoms with Gasteiger partial charge in [-0.25, -0.2) is 18.3 Å². The van der Waals surface area contributed by atoms with E-state index < -0.39 is 27.5 Å². The van der Waals surface area contributed by atoms with Crippen LogP contribution in [0.2, 0.25) is 0 Å². The van der Waals surface area contributed by atoms with Crippen molar-refractivity contribution in [3.8, 4) is 0 Å². The fourth-order valence-corrected chi connectivity index (χ4v) is 4.45. The van der Waals surface area contributed by atoms with E-state index in [1.807, 2.05) is 0 Å². The molecule has 0 radical (unpaired) electrons. The Hall–Kier alpha value is -1.29. The zero-order chi connectivity index (χ0) is 14.0. The number of nitrogens with one attached hydrogen (secondary N) is 1. The molecule has 0 spiro atoms. The Morgan fingerprint density at radius 1 is 1.58 bits per heavy atom. The minimum Gasteiger partial charge on any atom is -0.481 e. The zero-order valence-electron chi connectivity index (χ0n) is 9.90. The molecule has 0 saturated carbocycles. The van der Waals surface area contributed by atoms with E-state index in [0.29, 0.717) is 12.8 Å². The molecule has 8 nitrogen and oxygen atoms in total. The van der Waals surface area contributed by atoms with Crippen molar-refractivity contribution in [2.24, 2.45) is 0 Å². The van der Waals surface area contributed by atoms with Gasteiger partial charge in [0.1, 0.15) is 0 Å². The van der Waals surface area contributed by atoms with Crippen molar-refractivity contribution >= 4 is 27.6 Å². The molecule has 1 atom stereocenters. The van der Waals surface area contributed by atoms with Crippen molar-refractivity contribution in [3.05, 3.63) is 10.5 Å². The second-order valence-electron chi connectivity index (χ2n) is 4.27. The normalized spacial score (nSPS) is 22.2. The van der Waals surface area contributed by atoms with Crippen LogP contribution in [0.15, 0.2) is 9.95 Å². The number of H-pyrrole nitrogens is 1. The molecule has 106 valence electrons. The lowest BCUT2D eigenvalue weighted by Gasteiger charge is -2.23. The van der Waals surface area contributed by atoms with E-state index >= 15 is 0 Å². The summed E-state index contributed by atoms with van der Waals surface area (Å²) in [5.41, 5.74) is -0.505. The predicted molar refractivity (Wildman–Crippen MR) is 68.1 cm³/mol. The fraction of sp³-hybridized carbons (Fsp3) is 0.667. The number of thioether (sulfide) groups is 1. The number of carboxylic acid groups (broad SMARTS) is 1. The molecule has 2 N–H and O–H groups in total. The second kappa shape index (κ2) is 5.37. The van der Waals surface area contributed by atoms with Crippen LogP contribution in [0.3, 0.4) is 0 Å². The van der Waals surface area contributed by atoms with E-state index in [1.54, 1.807) is 0 Å². The van der Waals surface area contributed by atoms with Gasteiger partial charge in [0.15, 0.2) is 15.0 Å². The molecule has 2 rings (SSSR count). The summed E-state index contributed by atoms with van der Waals surface area (Å²) in [6.45, 7) is 0. The quantitative estimate of drug-likeness (QED) is 0.719. The number of aliphatic carboxylic acids is 1. The number of carboxylic acids is 1. The maximum Gasteiger partial charge on any atom is 0.344 e. The van der Waals surface area contributed by atoms with Crippen LogP contribution in [0.1, 0.15) is 18.9 Å². The molecule has 1 aliphatic rings. The summed E-state index contributed by atoms with van der Waals surface area (Å²) in [4.78, 5) is 22.2. The second-order valence-corrected chi connectivity index (χ2v) is 7.45. The van der Waals surface area contributed by atoms with Gasteiger partial charge in [0.05, 0.1) is 23.3 Å². The van der Waals surface area contributed by atoms with Crippen LogP contribution in [0.25, 0.3) is 0 Å². The number of sulfone groups is 1. The van der Waals surface area contributed by atoms with Crippen LogP contribution >= 0.6 is 11.8 Å². The van der Waals surface area contributed by atoms with E-state index in [2.05, 4.69) is 10.2 Å². The first kappa shape index (κ1) is 14.1. The van der Waals surface area contributed by atoms with Gasteiger partial charge in [-0.2, -0.15) is 0 Å². The lowest BCUT2D eigenvalue weighted by molar-refractivity contribution is -0.133. The smallest absolute Gasteiger partial charge is 0.344 e. The molecule has 2 heterocycles. The summed E-state index contributed by atoms with van der Waals surface area (Å²) in [5.74, 6) is -1.23. The number of hydrogen-bond acceptors (Lipinski definition) is 6. The highest BCUT2D eigenvalue weighted by molar-refractivity contribution is 7.99. The molecule has 1 aromatic heterocycles. The Kier molecular flexibility index (Phi) is 3.99. The summed E-state index contributed by atoms with van der Waals surface area (Å²) in [6, 6.07) is -0.471. The van der Waals surface area contributed by atoms with Crippen molar-refractivity contribution in [2.75, 3.05) is 17.3 Å². The van der Waals surface area contributed by atoms with E-state index in [0.717, 1.165) is 11.8 Å². The van der Waals surface area contributed by atoms with Crippen molar-refractivity contribution in [3.63, 3.8) is 0 Å². The van der Waals surface area contributed by atoms with Crippen molar-refractivity contribution in [1.82, 2.24) is 14.8 Å². The molecule has 10 heteroatoms. The number of aromatic amines is 1. The number of carbonyl (C=O) groups is 1. The minimum absolute atomic E-state index is 0.104. The van der Waals surface area contributed by atoms with Gasteiger partial charge in [-0.15, -0.1) is 5.10 Å². The van der Waals surface area contributed by atoms with Crippen LogP contribution < -0.4 is 5.69 Å². The average molecular weight is 307 g/mol. The molecule has 0 amide bonds. The lowest BCUT2D eigenvalue weighted by atomic mass is 10.2. The molecule has 1 unspecified atom stereocenters. The van der Waals surface area contributed by atoms with Crippen molar-refractivity contribution in [1.29, 1.82) is 0 Å². The highest BCUT2D eigenvalue weighted by atomic mass is 32.2. The van der Waals surface area contributed by atoms with Crippen LogP contribution in [-0.2, 0) is 14.6 Å². The van der Waals surface area contributed by atoms with Crippen LogP contribution in [0.4, 0.5) is 0 Å². The molecular formula is C9H13N3O5S2. The van der Waals surface area contributed by atoms with E-state index in [9.17, 15) is 18.0 Å². The Morgan fingerprint density at radius 2 is 2.32 bits per heavy atom. The first-order valence-corrected chi connectivity index (χ1v) is 8.41. The molecule has 1 aliphatic heterocycles. The molecule has 0 aliphatic carbocycles. The molecule has 1 fully saturated rings. The fourth-order valence-electron chi connectivity index (χ4n) is 2.04. The maximum atomic E-state index is 11.7. The van der Waals surface area contributed by atoms with Crippen molar-refractivity contribution < 1.29 is 18.3 Å². The molecule has 19 heavy (non-hydrogen) atoms. The maximum absolute atomic E-state index is 11.7. The van der Waals surface area contributed by atoms with Gasteiger partial charge < -0.3 is 5.11 Å². The summed E-state index contributed by atoms with van der Waals surface area (Å²) in [5, 5.41) is 14.8. The SMILES string of the molecule is O=C(O)CSc1n[nH]c(=O)n1C1CCCS(=O)(=O)C1. The summed E-state index contributed by atoms with van der Waals surface area (Å²) >= 11 is 0.896. The summed E-state index contributed by atoms with van der Waals surface area (Å²) < 4.78 is 24.5. The monoisotopic (exact) mass is 307 g/mol. The molecule has 0 bridgehead atoms. The number of hydrogen-bond donors (Lipinski definition) is 2. The molecule has 1 saturated heterocycles. The highest BCUT2D eigenvalue weighted by Crippen LogP contribution is 2.25. The summed E-state index contributed by atoms with van der Waals surface area (Å²) in [7, 11) is -3.15. The largest absolute Gasteiger partial charge is 0.481 e. The Balaban J connectivity index is 2.26. The van der Waals surface area contributed by atoms with Crippen LogP contribution in [0.5, 0.6) is 0 Å². The first-order chi connectivity index (χ1) is 8.89. The molecule has 0 aromatic carbocycles. The van der Waals surface area contributed by atoms with Gasteiger partial charge in [0.25, 0.3) is 0 Å². The van der Waals surface area contributed by atoms with Gasteiger partial charge >= 0.3 is 11.7 Å². The number of aromatic nitrogens is 3. The molecular weight excluding hydrogens is 294 g/mol. The highest BCUT2D eigenvalue weighted by Gasteiger charge is 2.29. The van der Waals surface area contributed by atoms with Crippen LogP contribution in [-0.4, -0.2) is 51.5 Å². The van der Waals surface area contributed by atoms with Crippen molar-refractivity contribution in [2.45, 2.75) is 24.0 Å². The number of rotatable bonds is 4. The van der Waals surface area contributed by atoms with Gasteiger partial charge in [0, 0.05) is 0 Å². The zero-order valence-corrected chi connectivity index (χ0v) is 11.5. The Morgan fingerprint density at radius 3 is 2.95 bits per heavy atom. The van der Waals surface area contributed by atoms with Gasteiger partial charge in [-0.1, -0.05) is 11.8 Å². The minimum atomic E-state index is -3.15. The predicted octanol–water partition coefficient (Wildman–Crippen LogP) is -0.502. The standard InChI is InChI=1S/C9H13N3O5S2/c13-7(14)4-18-9-11-10-8(15)12(9)6-2-1-3-19(16,17)5-6/h6H,1-5H2,(H,10,15)(H,13,14). The average Bonchev–Trinajstić information content (AvgIpc) is 2.66. The van der Waals surface area contributed by atoms with E-state index in [1.165, 1.54) is 4.57 Å². The third-order valence-corrected chi connectivity index (χ3v) is 5.54. The van der Waals surface area contributed by atoms with Gasteiger partial charge in [-0.3, -0.25) is 9.36 Å². The van der Waals surface area contributed by atoms with Gasteiger partial charge in [0.2, 0.25) is 0 Å². The number of nitrogens with zero attached hydrogens (tertiary/aromatic N) is 2.